The summed E-state index contributed by atoms with van der Waals surface area (Å²) in [4.78, 5) is 23.1. The molecule has 1 aliphatic rings. The molecule has 0 saturated heterocycles. The fourth-order valence-electron chi connectivity index (χ4n) is 2.22. The molecule has 0 bridgehead atoms. The van der Waals surface area contributed by atoms with Gasteiger partial charge in [-0.15, -0.1) is 0 Å². The lowest BCUT2D eigenvalue weighted by Crippen LogP contribution is -2.23. The molecule has 2 aromatic rings. The lowest BCUT2D eigenvalue weighted by Gasteiger charge is -2.20. The Labute approximate surface area is 132 Å². The van der Waals surface area contributed by atoms with E-state index in [2.05, 4.69) is 5.32 Å². The van der Waals surface area contributed by atoms with E-state index >= 15 is 0 Å². The SMILES string of the molecule is COc1ccccc1/C=C1/Oc2ccc(C(=O)O)cc2NC1=O. The number of nitrogens with one attached hydrogen (secondary N) is 1. The van der Waals surface area contributed by atoms with E-state index in [1.807, 2.05) is 12.1 Å². The second-order valence-corrected chi connectivity index (χ2v) is 4.82. The fraction of sp³-hybridized carbons (Fsp3) is 0.0588. The number of carboxylic acid groups (broad SMARTS) is 1. The molecular weight excluding hydrogens is 298 g/mol. The molecule has 6 heteroatoms. The van der Waals surface area contributed by atoms with E-state index < -0.39 is 11.9 Å². The molecule has 23 heavy (non-hydrogen) atoms. The number of carbonyl (C=O) groups excluding carboxylic acids is 1. The summed E-state index contributed by atoms with van der Waals surface area (Å²) in [7, 11) is 1.54. The number of hydrogen-bond acceptors (Lipinski definition) is 4. The largest absolute Gasteiger partial charge is 0.496 e. The van der Waals surface area contributed by atoms with E-state index in [4.69, 9.17) is 14.6 Å². The zero-order valence-electron chi connectivity index (χ0n) is 12.2. The van der Waals surface area contributed by atoms with Crippen LogP contribution in [-0.4, -0.2) is 24.1 Å². The molecule has 0 saturated carbocycles. The van der Waals surface area contributed by atoms with Gasteiger partial charge in [0, 0.05) is 5.56 Å². The highest BCUT2D eigenvalue weighted by Gasteiger charge is 2.23. The van der Waals surface area contributed by atoms with E-state index in [9.17, 15) is 9.59 Å². The minimum Gasteiger partial charge on any atom is -0.496 e. The number of hydrogen-bond donors (Lipinski definition) is 2. The molecular formula is C17H13NO5. The van der Waals surface area contributed by atoms with Gasteiger partial charge in [0.2, 0.25) is 0 Å². The second kappa shape index (κ2) is 5.84. The molecule has 6 nitrogen and oxygen atoms in total. The molecule has 1 aliphatic heterocycles. The van der Waals surface area contributed by atoms with Gasteiger partial charge < -0.3 is 19.9 Å². The van der Waals surface area contributed by atoms with Gasteiger partial charge in [-0.1, -0.05) is 18.2 Å². The van der Waals surface area contributed by atoms with Crippen molar-refractivity contribution in [1.29, 1.82) is 0 Å². The third-order valence-electron chi connectivity index (χ3n) is 3.34. The van der Waals surface area contributed by atoms with E-state index in [1.165, 1.54) is 18.2 Å². The van der Waals surface area contributed by atoms with Gasteiger partial charge in [0.1, 0.15) is 5.75 Å². The molecule has 0 aliphatic carbocycles. The normalized spacial score (nSPS) is 14.7. The van der Waals surface area contributed by atoms with Crippen molar-refractivity contribution >= 4 is 23.6 Å². The van der Waals surface area contributed by atoms with Gasteiger partial charge in [-0.05, 0) is 30.3 Å². The lowest BCUT2D eigenvalue weighted by molar-refractivity contribution is -0.115. The Balaban J connectivity index is 1.96. The van der Waals surface area contributed by atoms with Crippen molar-refractivity contribution in [2.75, 3.05) is 12.4 Å². The number of benzene rings is 2. The van der Waals surface area contributed by atoms with Gasteiger partial charge in [-0.3, -0.25) is 4.79 Å². The first-order valence-electron chi connectivity index (χ1n) is 6.80. The molecule has 2 aromatic carbocycles. The number of amides is 1. The molecule has 0 radical (unpaired) electrons. The summed E-state index contributed by atoms with van der Waals surface area (Å²) < 4.78 is 10.8. The zero-order chi connectivity index (χ0) is 16.4. The summed E-state index contributed by atoms with van der Waals surface area (Å²) in [5.74, 6) is -0.424. The predicted molar refractivity (Wildman–Crippen MR) is 83.6 cm³/mol. The van der Waals surface area contributed by atoms with Gasteiger partial charge in [0.15, 0.2) is 11.5 Å². The quantitative estimate of drug-likeness (QED) is 0.851. The first-order chi connectivity index (χ1) is 11.1. The second-order valence-electron chi connectivity index (χ2n) is 4.82. The van der Waals surface area contributed by atoms with Crippen molar-refractivity contribution in [3.8, 4) is 11.5 Å². The Morgan fingerprint density at radius 2 is 2.04 bits per heavy atom. The van der Waals surface area contributed by atoms with Crippen LogP contribution in [0.2, 0.25) is 0 Å². The fourth-order valence-corrected chi connectivity index (χ4v) is 2.22. The zero-order valence-corrected chi connectivity index (χ0v) is 12.2. The topological polar surface area (TPSA) is 84.9 Å². The van der Waals surface area contributed by atoms with Crippen molar-refractivity contribution in [2.45, 2.75) is 0 Å². The number of carboxylic acids is 1. The standard InChI is InChI=1S/C17H13NO5/c1-22-13-5-3-2-4-10(13)9-15-16(19)18-12-8-11(17(20)21)6-7-14(12)23-15/h2-9H,1H3,(H,18,19)(H,20,21)/b15-9+. The van der Waals surface area contributed by atoms with E-state index in [0.717, 1.165) is 0 Å². The third kappa shape index (κ3) is 2.87. The summed E-state index contributed by atoms with van der Waals surface area (Å²) >= 11 is 0. The van der Waals surface area contributed by atoms with E-state index in [-0.39, 0.29) is 11.3 Å². The molecule has 1 heterocycles. The van der Waals surface area contributed by atoms with Crippen LogP contribution in [0.15, 0.2) is 48.2 Å². The number of anilines is 1. The highest BCUT2D eigenvalue weighted by atomic mass is 16.5. The van der Waals surface area contributed by atoms with E-state index in [0.29, 0.717) is 22.7 Å². The molecule has 0 spiro atoms. The Morgan fingerprint density at radius 1 is 1.26 bits per heavy atom. The van der Waals surface area contributed by atoms with Crippen molar-refractivity contribution in [2.24, 2.45) is 0 Å². The smallest absolute Gasteiger partial charge is 0.335 e. The van der Waals surface area contributed by atoms with Crippen LogP contribution >= 0.6 is 0 Å². The molecule has 3 rings (SSSR count). The highest BCUT2D eigenvalue weighted by Crippen LogP contribution is 2.33. The van der Waals surface area contributed by atoms with Gasteiger partial charge in [-0.25, -0.2) is 4.79 Å². The highest BCUT2D eigenvalue weighted by molar-refractivity contribution is 6.08. The van der Waals surface area contributed by atoms with Gasteiger partial charge in [0.05, 0.1) is 18.4 Å². The third-order valence-corrected chi connectivity index (χ3v) is 3.34. The van der Waals surface area contributed by atoms with Gasteiger partial charge in [0.25, 0.3) is 5.91 Å². The van der Waals surface area contributed by atoms with Crippen LogP contribution in [-0.2, 0) is 4.79 Å². The number of fused-ring (bicyclic) bond motifs is 1. The van der Waals surface area contributed by atoms with E-state index in [1.54, 1.807) is 25.3 Å². The number of aromatic carboxylic acids is 1. The van der Waals surface area contributed by atoms with Crippen molar-refractivity contribution in [3.63, 3.8) is 0 Å². The maximum Gasteiger partial charge on any atom is 0.335 e. The number of carbonyl (C=O) groups is 2. The Morgan fingerprint density at radius 3 is 2.78 bits per heavy atom. The molecule has 2 N–H and O–H groups in total. The maximum atomic E-state index is 12.1. The van der Waals surface area contributed by atoms with Crippen LogP contribution in [0, 0.1) is 0 Å². The summed E-state index contributed by atoms with van der Waals surface area (Å²) in [6.07, 6.45) is 1.57. The van der Waals surface area contributed by atoms with Crippen LogP contribution in [0.3, 0.4) is 0 Å². The Kier molecular flexibility index (Phi) is 3.72. The minimum atomic E-state index is -1.07. The summed E-state index contributed by atoms with van der Waals surface area (Å²) in [5.41, 5.74) is 1.10. The molecule has 0 fully saturated rings. The average Bonchev–Trinajstić information content (AvgIpc) is 2.55. The number of rotatable bonds is 3. The average molecular weight is 311 g/mol. The predicted octanol–water partition coefficient (Wildman–Crippen LogP) is 2.77. The summed E-state index contributed by atoms with van der Waals surface area (Å²) in [6, 6.07) is 11.5. The van der Waals surface area contributed by atoms with Gasteiger partial charge in [-0.2, -0.15) is 0 Å². The van der Waals surface area contributed by atoms with Crippen LogP contribution in [0.1, 0.15) is 15.9 Å². The maximum absolute atomic E-state index is 12.1. The number of methoxy groups -OCH3 is 1. The molecule has 0 atom stereocenters. The lowest BCUT2D eigenvalue weighted by atomic mass is 10.1. The first-order valence-corrected chi connectivity index (χ1v) is 6.80. The van der Waals surface area contributed by atoms with Crippen molar-refractivity contribution in [3.05, 3.63) is 59.4 Å². The molecule has 0 aromatic heterocycles. The van der Waals surface area contributed by atoms with Crippen molar-refractivity contribution < 1.29 is 24.2 Å². The monoisotopic (exact) mass is 311 g/mol. The summed E-state index contributed by atoms with van der Waals surface area (Å²) in [5, 5.41) is 11.6. The number of ether oxygens (including phenoxy) is 2. The first kappa shape index (κ1) is 14.6. The Bertz CT molecular complexity index is 825. The van der Waals surface area contributed by atoms with Crippen molar-refractivity contribution in [1.82, 2.24) is 0 Å². The van der Waals surface area contributed by atoms with Gasteiger partial charge >= 0.3 is 5.97 Å². The summed E-state index contributed by atoms with van der Waals surface area (Å²) in [6.45, 7) is 0. The molecule has 0 unspecified atom stereocenters. The minimum absolute atomic E-state index is 0.0739. The molecule has 116 valence electrons. The van der Waals surface area contributed by atoms with Crippen LogP contribution in [0.4, 0.5) is 5.69 Å². The van der Waals surface area contributed by atoms with Crippen LogP contribution < -0.4 is 14.8 Å². The Hall–Kier alpha value is -3.28. The number of para-hydroxylation sites is 1. The van der Waals surface area contributed by atoms with Crippen LogP contribution in [0.25, 0.3) is 6.08 Å². The van der Waals surface area contributed by atoms with Crippen LogP contribution in [0.5, 0.6) is 11.5 Å². The molecule has 1 amide bonds.